The Morgan fingerprint density at radius 3 is 2.70 bits per heavy atom. The zero-order valence-electron chi connectivity index (χ0n) is 14.8. The lowest BCUT2D eigenvalue weighted by Crippen LogP contribution is -2.49. The van der Waals surface area contributed by atoms with E-state index in [0.717, 1.165) is 12.6 Å². The van der Waals surface area contributed by atoms with Gasteiger partial charge in [0.1, 0.15) is 6.61 Å². The smallest absolute Gasteiger partial charge is 0.264 e. The van der Waals surface area contributed by atoms with Gasteiger partial charge in [0.2, 0.25) is 6.10 Å². The van der Waals surface area contributed by atoms with Crippen LogP contribution < -0.4 is 14.8 Å². The summed E-state index contributed by atoms with van der Waals surface area (Å²) >= 11 is 0. The molecule has 27 heavy (non-hydrogen) atoms. The number of nitrogens with zero attached hydrogens (tertiary/aromatic N) is 1. The number of likely N-dealkylation sites (N-methyl/N-ethyl adjacent to an activating group) is 1. The lowest BCUT2D eigenvalue weighted by molar-refractivity contribution is -0.131. The van der Waals surface area contributed by atoms with Gasteiger partial charge in [0.15, 0.2) is 23.1 Å². The molecule has 1 saturated heterocycles. The van der Waals surface area contributed by atoms with Crippen LogP contribution in [0.4, 0.5) is 8.78 Å². The average Bonchev–Trinajstić information content (AvgIpc) is 3.03. The molecule has 1 fully saturated rings. The Morgan fingerprint density at radius 1 is 1.15 bits per heavy atom. The first-order valence-electron chi connectivity index (χ1n) is 8.87. The van der Waals surface area contributed by atoms with Crippen LogP contribution >= 0.6 is 0 Å². The van der Waals surface area contributed by atoms with E-state index < -0.39 is 17.7 Å². The number of hydrogen-bond donors (Lipinski definition) is 1. The van der Waals surface area contributed by atoms with Gasteiger partial charge in [-0.15, -0.1) is 0 Å². The first-order valence-corrected chi connectivity index (χ1v) is 8.87. The zero-order valence-corrected chi connectivity index (χ0v) is 14.8. The molecule has 2 aliphatic heterocycles. The number of hydrogen-bond acceptors (Lipinski definition) is 4. The molecule has 5 nitrogen and oxygen atoms in total. The van der Waals surface area contributed by atoms with Crippen molar-refractivity contribution in [1.29, 1.82) is 0 Å². The van der Waals surface area contributed by atoms with Crippen LogP contribution in [0.5, 0.6) is 11.5 Å². The molecular formula is C20H20F2N2O3. The number of nitrogens with one attached hydrogen (secondary N) is 1. The third kappa shape index (κ3) is 3.47. The van der Waals surface area contributed by atoms with Crippen LogP contribution in [-0.4, -0.2) is 43.2 Å². The molecule has 0 aromatic heterocycles. The fraction of sp³-hybridized carbons (Fsp3) is 0.350. The van der Waals surface area contributed by atoms with E-state index in [1.807, 2.05) is 24.1 Å². The number of amides is 1. The molecule has 1 amide bonds. The van der Waals surface area contributed by atoms with Gasteiger partial charge in [-0.3, -0.25) is 9.69 Å². The number of likely N-dealkylation sites (tertiary alicyclic amines) is 1. The van der Waals surface area contributed by atoms with Crippen LogP contribution in [0.3, 0.4) is 0 Å². The predicted molar refractivity (Wildman–Crippen MR) is 94.6 cm³/mol. The van der Waals surface area contributed by atoms with Gasteiger partial charge < -0.3 is 14.8 Å². The second kappa shape index (κ2) is 7.15. The molecule has 3 unspecified atom stereocenters. The summed E-state index contributed by atoms with van der Waals surface area (Å²) in [5.41, 5.74) is 0.630. The topological polar surface area (TPSA) is 50.8 Å². The molecule has 1 N–H and O–H groups in total. The van der Waals surface area contributed by atoms with E-state index >= 15 is 0 Å². The summed E-state index contributed by atoms with van der Waals surface area (Å²) in [6.45, 7) is 0.862. The SMILES string of the molecule is CN1CCC(NC(=O)C2COc3ccccc3O2)C1c1ccc(F)c(F)c1. The zero-order chi connectivity index (χ0) is 19.0. The summed E-state index contributed by atoms with van der Waals surface area (Å²) in [6.07, 6.45) is -0.0489. The summed E-state index contributed by atoms with van der Waals surface area (Å²) in [4.78, 5) is 14.7. The molecule has 2 aliphatic rings. The van der Waals surface area contributed by atoms with E-state index in [1.165, 1.54) is 6.07 Å². The van der Waals surface area contributed by atoms with Crippen molar-refractivity contribution in [2.75, 3.05) is 20.2 Å². The fourth-order valence-corrected chi connectivity index (χ4v) is 3.71. The van der Waals surface area contributed by atoms with Crippen LogP contribution in [0.2, 0.25) is 0 Å². The van der Waals surface area contributed by atoms with Crippen LogP contribution in [0.15, 0.2) is 42.5 Å². The minimum Gasteiger partial charge on any atom is -0.485 e. The Hall–Kier alpha value is -2.67. The van der Waals surface area contributed by atoms with E-state index in [4.69, 9.17) is 9.47 Å². The van der Waals surface area contributed by atoms with Gasteiger partial charge in [0, 0.05) is 12.6 Å². The Morgan fingerprint density at radius 2 is 1.93 bits per heavy atom. The maximum absolute atomic E-state index is 13.7. The quantitative estimate of drug-likeness (QED) is 0.898. The van der Waals surface area contributed by atoms with Gasteiger partial charge in [-0.05, 0) is 43.3 Å². The average molecular weight is 374 g/mol. The molecule has 0 spiro atoms. The number of halogens is 2. The van der Waals surface area contributed by atoms with Gasteiger partial charge in [0.05, 0.1) is 6.04 Å². The maximum Gasteiger partial charge on any atom is 0.264 e. The number of rotatable bonds is 3. The highest BCUT2D eigenvalue weighted by Crippen LogP contribution is 2.33. The number of para-hydroxylation sites is 2. The molecule has 7 heteroatoms. The molecule has 0 radical (unpaired) electrons. The Kier molecular flexibility index (Phi) is 4.70. The minimum atomic E-state index is -0.890. The maximum atomic E-state index is 13.7. The van der Waals surface area contributed by atoms with Crippen molar-refractivity contribution in [3.8, 4) is 11.5 Å². The second-order valence-electron chi connectivity index (χ2n) is 6.87. The Balaban J connectivity index is 1.48. The predicted octanol–water partition coefficient (Wildman–Crippen LogP) is 2.67. The first-order chi connectivity index (χ1) is 13.0. The third-order valence-corrected chi connectivity index (χ3v) is 5.06. The first kappa shape index (κ1) is 17.7. The van der Waals surface area contributed by atoms with Gasteiger partial charge in [-0.2, -0.15) is 0 Å². The van der Waals surface area contributed by atoms with Gasteiger partial charge in [-0.25, -0.2) is 8.78 Å². The fourth-order valence-electron chi connectivity index (χ4n) is 3.71. The standard InChI is InChI=1S/C20H20F2N2O3/c1-24-9-8-15(19(24)12-6-7-13(21)14(22)10-12)23-20(25)18-11-26-16-4-2-3-5-17(16)27-18/h2-7,10,15,18-19H,8-9,11H2,1H3,(H,23,25). The largest absolute Gasteiger partial charge is 0.485 e. The normalized spacial score (nSPS) is 24.6. The number of carbonyl (C=O) groups excluding carboxylic acids is 1. The highest BCUT2D eigenvalue weighted by molar-refractivity contribution is 5.82. The summed E-state index contributed by atoms with van der Waals surface area (Å²) < 4.78 is 38.3. The van der Waals surface area contributed by atoms with Crippen LogP contribution in [0.1, 0.15) is 18.0 Å². The van der Waals surface area contributed by atoms with E-state index in [1.54, 1.807) is 18.2 Å². The summed E-state index contributed by atoms with van der Waals surface area (Å²) in [6, 6.07) is 10.6. The summed E-state index contributed by atoms with van der Waals surface area (Å²) in [5, 5.41) is 2.99. The number of fused-ring (bicyclic) bond motifs is 1. The molecular weight excluding hydrogens is 354 g/mol. The highest BCUT2D eigenvalue weighted by Gasteiger charge is 2.37. The van der Waals surface area contributed by atoms with Crippen molar-refractivity contribution in [3.63, 3.8) is 0 Å². The molecule has 142 valence electrons. The Labute approximate surface area is 155 Å². The van der Waals surface area contributed by atoms with Crippen LogP contribution in [0.25, 0.3) is 0 Å². The Bertz CT molecular complexity index is 861. The van der Waals surface area contributed by atoms with Crippen molar-refractivity contribution in [2.24, 2.45) is 0 Å². The summed E-state index contributed by atoms with van der Waals surface area (Å²) in [5.74, 6) is -0.909. The number of ether oxygens (including phenoxy) is 2. The molecule has 4 rings (SSSR count). The van der Waals surface area contributed by atoms with Crippen molar-refractivity contribution < 1.29 is 23.0 Å². The van der Waals surface area contributed by atoms with Crippen molar-refractivity contribution >= 4 is 5.91 Å². The third-order valence-electron chi connectivity index (χ3n) is 5.06. The second-order valence-corrected chi connectivity index (χ2v) is 6.87. The molecule has 3 atom stereocenters. The summed E-state index contributed by atoms with van der Waals surface area (Å²) in [7, 11) is 1.90. The number of benzene rings is 2. The van der Waals surface area contributed by atoms with Crippen molar-refractivity contribution in [1.82, 2.24) is 10.2 Å². The van der Waals surface area contributed by atoms with E-state index in [2.05, 4.69) is 5.32 Å². The van der Waals surface area contributed by atoms with E-state index in [0.29, 0.717) is 23.5 Å². The monoisotopic (exact) mass is 374 g/mol. The molecule has 2 aromatic carbocycles. The molecule has 0 bridgehead atoms. The van der Waals surface area contributed by atoms with Crippen molar-refractivity contribution in [2.45, 2.75) is 24.6 Å². The molecule has 0 aliphatic carbocycles. The lowest BCUT2D eigenvalue weighted by atomic mass is 9.99. The number of carbonyl (C=O) groups is 1. The van der Waals surface area contributed by atoms with Crippen molar-refractivity contribution in [3.05, 3.63) is 59.7 Å². The minimum absolute atomic E-state index is 0.126. The highest BCUT2D eigenvalue weighted by atomic mass is 19.2. The molecule has 2 heterocycles. The van der Waals surface area contributed by atoms with E-state index in [9.17, 15) is 13.6 Å². The molecule has 0 saturated carbocycles. The lowest BCUT2D eigenvalue weighted by Gasteiger charge is -2.29. The van der Waals surface area contributed by atoms with Crippen LogP contribution in [0, 0.1) is 11.6 Å². The van der Waals surface area contributed by atoms with Gasteiger partial charge >= 0.3 is 0 Å². The van der Waals surface area contributed by atoms with Gasteiger partial charge in [-0.1, -0.05) is 18.2 Å². The molecule has 2 aromatic rings. The van der Waals surface area contributed by atoms with Crippen LogP contribution in [-0.2, 0) is 4.79 Å². The van der Waals surface area contributed by atoms with E-state index in [-0.39, 0.29) is 24.6 Å². The van der Waals surface area contributed by atoms with Gasteiger partial charge in [0.25, 0.3) is 5.91 Å².